The first-order valence-corrected chi connectivity index (χ1v) is 7.32. The van der Waals surface area contributed by atoms with Gasteiger partial charge in [0.1, 0.15) is 6.33 Å². The maximum atomic E-state index is 12.3. The van der Waals surface area contributed by atoms with Crippen molar-refractivity contribution in [1.82, 2.24) is 25.1 Å². The quantitative estimate of drug-likeness (QED) is 0.775. The molecule has 2 aromatic rings. The Morgan fingerprint density at radius 2 is 2.00 bits per heavy atom. The van der Waals surface area contributed by atoms with Crippen LogP contribution in [0.25, 0.3) is 5.69 Å². The normalized spacial score (nSPS) is 25.6. The minimum atomic E-state index is 0.179. The van der Waals surface area contributed by atoms with Crippen molar-refractivity contribution in [2.75, 3.05) is 13.1 Å². The van der Waals surface area contributed by atoms with Crippen LogP contribution >= 0.6 is 0 Å². The zero-order valence-corrected chi connectivity index (χ0v) is 12.0. The van der Waals surface area contributed by atoms with Gasteiger partial charge in [0.2, 0.25) is 5.91 Å². The summed E-state index contributed by atoms with van der Waals surface area (Å²) in [7, 11) is 0. The molecule has 22 heavy (non-hydrogen) atoms. The molecule has 6 nitrogen and oxygen atoms in total. The molecule has 1 aromatic heterocycles. The van der Waals surface area contributed by atoms with Crippen LogP contribution in [0.2, 0.25) is 0 Å². The Morgan fingerprint density at radius 1 is 1.27 bits per heavy atom. The highest BCUT2D eigenvalue weighted by atomic mass is 16.2. The van der Waals surface area contributed by atoms with Gasteiger partial charge in [0, 0.05) is 19.0 Å². The number of aromatic nitrogens is 4. The molecule has 2 fully saturated rings. The van der Waals surface area contributed by atoms with Crippen molar-refractivity contribution in [2.45, 2.75) is 6.42 Å². The number of terminal acetylenes is 1. The van der Waals surface area contributed by atoms with E-state index in [1.165, 1.54) is 0 Å². The first-order valence-electron chi connectivity index (χ1n) is 7.32. The first kappa shape index (κ1) is 13.0. The van der Waals surface area contributed by atoms with Gasteiger partial charge in [-0.2, -0.15) is 0 Å². The molecule has 0 N–H and O–H groups in total. The van der Waals surface area contributed by atoms with E-state index in [1.807, 2.05) is 29.2 Å². The molecule has 1 amide bonds. The Hall–Kier alpha value is -2.68. The molecule has 1 aromatic carbocycles. The molecule has 110 valence electrons. The summed E-state index contributed by atoms with van der Waals surface area (Å²) in [5, 5.41) is 11.0. The van der Waals surface area contributed by atoms with Gasteiger partial charge in [-0.1, -0.05) is 12.1 Å². The molecule has 2 atom stereocenters. The van der Waals surface area contributed by atoms with Crippen molar-refractivity contribution in [3.05, 3.63) is 36.2 Å². The Bertz CT molecular complexity index is 719. The van der Waals surface area contributed by atoms with Gasteiger partial charge in [0.15, 0.2) is 0 Å². The molecular formula is C16H15N5O. The predicted octanol–water partition coefficient (Wildman–Crippen LogP) is 0.542. The molecule has 1 aliphatic heterocycles. The van der Waals surface area contributed by atoms with Gasteiger partial charge in [-0.3, -0.25) is 4.79 Å². The van der Waals surface area contributed by atoms with Crippen molar-refractivity contribution in [2.24, 2.45) is 17.8 Å². The number of rotatable bonds is 3. The Kier molecular flexibility index (Phi) is 2.93. The van der Waals surface area contributed by atoms with Gasteiger partial charge >= 0.3 is 0 Å². The Balaban J connectivity index is 1.38. The van der Waals surface area contributed by atoms with Crippen LogP contribution in [-0.4, -0.2) is 44.1 Å². The van der Waals surface area contributed by atoms with Crippen LogP contribution in [0.15, 0.2) is 30.6 Å². The number of carbonyl (C=O) groups excluding carboxylic acids is 1. The lowest BCUT2D eigenvalue weighted by atomic mass is 10.1. The second-order valence-corrected chi connectivity index (χ2v) is 5.92. The fourth-order valence-electron chi connectivity index (χ4n) is 3.31. The lowest BCUT2D eigenvalue weighted by Gasteiger charge is -2.19. The minimum absolute atomic E-state index is 0.179. The SMILES string of the molecule is C#CC1C2CN(C(=O)Cc3ccc(-n4cnnn4)cc3)CC12. The standard InChI is InChI=1S/C16H15N5O/c1-2-13-14-8-20(9-15(13)14)16(22)7-11-3-5-12(6-4-11)21-10-17-18-19-21/h1,3-6,10,13-15H,7-9H2. The topological polar surface area (TPSA) is 63.9 Å². The molecular weight excluding hydrogens is 278 g/mol. The fraction of sp³-hybridized carbons (Fsp3) is 0.375. The lowest BCUT2D eigenvalue weighted by molar-refractivity contribution is -0.130. The number of nitrogens with zero attached hydrogens (tertiary/aromatic N) is 5. The second-order valence-electron chi connectivity index (χ2n) is 5.92. The van der Waals surface area contributed by atoms with Crippen LogP contribution < -0.4 is 0 Å². The van der Waals surface area contributed by atoms with Gasteiger partial charge in [0.05, 0.1) is 12.1 Å². The number of piperidine rings is 1. The number of likely N-dealkylation sites (tertiary alicyclic amines) is 1. The molecule has 2 aliphatic rings. The summed E-state index contributed by atoms with van der Waals surface area (Å²) >= 11 is 0. The van der Waals surface area contributed by atoms with Gasteiger partial charge in [-0.05, 0) is 40.0 Å². The van der Waals surface area contributed by atoms with E-state index in [4.69, 9.17) is 6.42 Å². The Morgan fingerprint density at radius 3 is 2.59 bits per heavy atom. The summed E-state index contributed by atoms with van der Waals surface area (Å²) in [6.45, 7) is 1.64. The average molecular weight is 293 g/mol. The third-order valence-corrected chi connectivity index (χ3v) is 4.64. The van der Waals surface area contributed by atoms with Crippen molar-refractivity contribution in [3.8, 4) is 18.0 Å². The van der Waals surface area contributed by atoms with Gasteiger partial charge in [-0.25, -0.2) is 4.68 Å². The van der Waals surface area contributed by atoms with Crippen molar-refractivity contribution in [1.29, 1.82) is 0 Å². The van der Waals surface area contributed by atoms with Crippen LogP contribution in [0.4, 0.5) is 0 Å². The zero-order chi connectivity index (χ0) is 15.1. The van der Waals surface area contributed by atoms with E-state index in [0.717, 1.165) is 24.3 Å². The number of benzene rings is 1. The highest BCUT2D eigenvalue weighted by molar-refractivity contribution is 5.79. The summed E-state index contributed by atoms with van der Waals surface area (Å²) in [4.78, 5) is 14.3. The number of fused-ring (bicyclic) bond motifs is 1. The largest absolute Gasteiger partial charge is 0.342 e. The summed E-state index contributed by atoms with van der Waals surface area (Å²) in [5.74, 6) is 4.47. The van der Waals surface area contributed by atoms with Gasteiger partial charge in [-0.15, -0.1) is 17.4 Å². The number of carbonyl (C=O) groups is 1. The van der Waals surface area contributed by atoms with Crippen LogP contribution in [0.3, 0.4) is 0 Å². The summed E-state index contributed by atoms with van der Waals surface area (Å²) in [5.41, 5.74) is 1.87. The molecule has 1 saturated carbocycles. The first-order chi connectivity index (χ1) is 10.8. The number of tetrazole rings is 1. The number of hydrogen-bond donors (Lipinski definition) is 0. The smallest absolute Gasteiger partial charge is 0.227 e. The maximum Gasteiger partial charge on any atom is 0.227 e. The van der Waals surface area contributed by atoms with E-state index in [-0.39, 0.29) is 5.91 Å². The van der Waals surface area contributed by atoms with Crippen LogP contribution in [-0.2, 0) is 11.2 Å². The van der Waals surface area contributed by atoms with Crippen LogP contribution in [0.1, 0.15) is 5.56 Å². The van der Waals surface area contributed by atoms with Gasteiger partial charge in [0.25, 0.3) is 0 Å². The van der Waals surface area contributed by atoms with E-state index < -0.39 is 0 Å². The van der Waals surface area contributed by atoms with E-state index in [0.29, 0.717) is 24.2 Å². The highest BCUT2D eigenvalue weighted by Gasteiger charge is 2.55. The molecule has 1 aliphatic carbocycles. The lowest BCUT2D eigenvalue weighted by Crippen LogP contribution is -2.32. The van der Waals surface area contributed by atoms with Crippen molar-refractivity contribution < 1.29 is 4.79 Å². The third-order valence-electron chi connectivity index (χ3n) is 4.64. The molecule has 6 heteroatoms. The number of amides is 1. The van der Waals surface area contributed by atoms with Crippen molar-refractivity contribution in [3.63, 3.8) is 0 Å². The third kappa shape index (κ3) is 2.15. The second kappa shape index (κ2) is 4.95. The molecule has 1 saturated heterocycles. The van der Waals surface area contributed by atoms with E-state index in [9.17, 15) is 4.79 Å². The molecule has 2 unspecified atom stereocenters. The van der Waals surface area contributed by atoms with Gasteiger partial charge < -0.3 is 4.90 Å². The predicted molar refractivity (Wildman–Crippen MR) is 78.7 cm³/mol. The number of hydrogen-bond acceptors (Lipinski definition) is 4. The maximum absolute atomic E-state index is 12.3. The summed E-state index contributed by atoms with van der Waals surface area (Å²) < 4.78 is 1.58. The Labute approximate surface area is 128 Å². The van der Waals surface area contributed by atoms with E-state index in [1.54, 1.807) is 11.0 Å². The monoisotopic (exact) mass is 293 g/mol. The van der Waals surface area contributed by atoms with Crippen LogP contribution in [0.5, 0.6) is 0 Å². The molecule has 2 heterocycles. The van der Waals surface area contributed by atoms with E-state index in [2.05, 4.69) is 21.4 Å². The van der Waals surface area contributed by atoms with E-state index >= 15 is 0 Å². The molecule has 0 spiro atoms. The minimum Gasteiger partial charge on any atom is -0.342 e. The average Bonchev–Trinajstić information content (AvgIpc) is 2.96. The molecule has 0 bridgehead atoms. The van der Waals surface area contributed by atoms with Crippen molar-refractivity contribution >= 4 is 5.91 Å². The zero-order valence-electron chi connectivity index (χ0n) is 12.0. The molecule has 0 radical (unpaired) electrons. The van der Waals surface area contributed by atoms with Crippen LogP contribution in [0, 0.1) is 30.1 Å². The molecule has 4 rings (SSSR count). The fourth-order valence-corrected chi connectivity index (χ4v) is 3.31. The summed E-state index contributed by atoms with van der Waals surface area (Å²) in [6.07, 6.45) is 7.42. The highest BCUT2D eigenvalue weighted by Crippen LogP contribution is 2.51. The summed E-state index contributed by atoms with van der Waals surface area (Å²) in [6, 6.07) is 7.70.